The molecule has 1 aromatic rings. The van der Waals surface area contributed by atoms with E-state index in [1.54, 1.807) is 0 Å². The van der Waals surface area contributed by atoms with Crippen molar-refractivity contribution in [3.8, 4) is 0 Å². The fraction of sp³-hybridized carbons (Fsp3) is 0.647. The van der Waals surface area contributed by atoms with Crippen molar-refractivity contribution in [1.82, 2.24) is 5.32 Å². The van der Waals surface area contributed by atoms with Crippen LogP contribution in [0.4, 0.5) is 5.69 Å². The molecule has 0 aliphatic heterocycles. The Balaban J connectivity index is 2.64. The molecule has 0 aliphatic rings. The molecule has 0 aliphatic carbocycles. The molecule has 114 valence electrons. The van der Waals surface area contributed by atoms with E-state index in [9.17, 15) is 0 Å². The van der Waals surface area contributed by atoms with E-state index < -0.39 is 0 Å². The number of nitrogens with one attached hydrogen (secondary N) is 1. The fourth-order valence-corrected chi connectivity index (χ4v) is 3.18. The zero-order chi connectivity index (χ0) is 15.2. The van der Waals surface area contributed by atoms with E-state index in [1.165, 1.54) is 24.1 Å². The Bertz CT molecular complexity index is 374. The van der Waals surface area contributed by atoms with Crippen LogP contribution >= 0.6 is 11.8 Å². The van der Waals surface area contributed by atoms with Gasteiger partial charge in [-0.15, -0.1) is 0 Å². The Morgan fingerprint density at radius 2 is 1.70 bits per heavy atom. The van der Waals surface area contributed by atoms with Crippen molar-refractivity contribution in [2.24, 2.45) is 0 Å². The van der Waals surface area contributed by atoms with Gasteiger partial charge in [-0.25, -0.2) is 0 Å². The van der Waals surface area contributed by atoms with Gasteiger partial charge in [0.05, 0.1) is 0 Å². The molecule has 0 amide bonds. The minimum atomic E-state index is 0.373. The van der Waals surface area contributed by atoms with E-state index in [2.05, 4.69) is 75.6 Å². The molecule has 1 unspecified atom stereocenters. The van der Waals surface area contributed by atoms with E-state index in [1.807, 2.05) is 11.8 Å². The molecule has 0 saturated carbocycles. The van der Waals surface area contributed by atoms with Gasteiger partial charge in [-0.05, 0) is 43.7 Å². The largest absolute Gasteiger partial charge is 0.378 e. The van der Waals surface area contributed by atoms with Crippen molar-refractivity contribution in [1.29, 1.82) is 0 Å². The van der Waals surface area contributed by atoms with Gasteiger partial charge in [-0.3, -0.25) is 0 Å². The lowest BCUT2D eigenvalue weighted by Gasteiger charge is -2.31. The number of rotatable bonds is 8. The third-order valence-corrected chi connectivity index (χ3v) is 5.95. The first kappa shape index (κ1) is 17.4. The third kappa shape index (κ3) is 4.42. The number of hydrogen-bond acceptors (Lipinski definition) is 3. The molecule has 3 heteroatoms. The van der Waals surface area contributed by atoms with E-state index in [0.29, 0.717) is 10.8 Å². The van der Waals surface area contributed by atoms with Gasteiger partial charge < -0.3 is 10.2 Å². The lowest BCUT2D eigenvalue weighted by Crippen LogP contribution is -2.37. The van der Waals surface area contributed by atoms with Gasteiger partial charge in [0, 0.05) is 37.1 Å². The zero-order valence-corrected chi connectivity index (χ0v) is 14.7. The number of benzene rings is 1. The summed E-state index contributed by atoms with van der Waals surface area (Å²) in [7, 11) is 4.15. The standard InChI is InChI=1S/C17H30N2S/c1-7-17(8-2,20-6)13-18-14(3)15-9-11-16(12-10-15)19(4)5/h9-12,14,18H,7-8,13H2,1-6H3. The minimum absolute atomic E-state index is 0.373. The van der Waals surface area contributed by atoms with Gasteiger partial charge in [0.1, 0.15) is 0 Å². The first-order valence-electron chi connectivity index (χ1n) is 7.53. The van der Waals surface area contributed by atoms with Gasteiger partial charge >= 0.3 is 0 Å². The van der Waals surface area contributed by atoms with E-state index in [-0.39, 0.29) is 0 Å². The number of anilines is 1. The molecule has 0 saturated heterocycles. The average Bonchev–Trinajstić information content (AvgIpc) is 2.49. The van der Waals surface area contributed by atoms with E-state index >= 15 is 0 Å². The van der Waals surface area contributed by atoms with E-state index in [0.717, 1.165) is 6.54 Å². The highest BCUT2D eigenvalue weighted by atomic mass is 32.2. The van der Waals surface area contributed by atoms with Crippen LogP contribution in [0.2, 0.25) is 0 Å². The van der Waals surface area contributed by atoms with Crippen molar-refractivity contribution in [3.63, 3.8) is 0 Å². The summed E-state index contributed by atoms with van der Waals surface area (Å²) in [5.74, 6) is 0. The molecule has 2 nitrogen and oxygen atoms in total. The SMILES string of the molecule is CCC(CC)(CNC(C)c1ccc(N(C)C)cc1)SC. The molecule has 20 heavy (non-hydrogen) atoms. The lowest BCUT2D eigenvalue weighted by molar-refractivity contribution is 0.460. The van der Waals surface area contributed by atoms with E-state index in [4.69, 9.17) is 0 Å². The van der Waals surface area contributed by atoms with Crippen molar-refractivity contribution in [3.05, 3.63) is 29.8 Å². The molecule has 0 fully saturated rings. The molecule has 0 spiro atoms. The smallest absolute Gasteiger partial charge is 0.0361 e. The van der Waals surface area contributed by atoms with Gasteiger partial charge in [-0.1, -0.05) is 26.0 Å². The summed E-state index contributed by atoms with van der Waals surface area (Å²) in [5.41, 5.74) is 2.61. The van der Waals surface area contributed by atoms with Gasteiger partial charge in [-0.2, -0.15) is 11.8 Å². The monoisotopic (exact) mass is 294 g/mol. The maximum Gasteiger partial charge on any atom is 0.0361 e. The molecule has 1 atom stereocenters. The first-order chi connectivity index (χ1) is 9.48. The average molecular weight is 295 g/mol. The third-order valence-electron chi connectivity index (χ3n) is 4.36. The summed E-state index contributed by atoms with van der Waals surface area (Å²) in [6.45, 7) is 7.90. The maximum atomic E-state index is 3.71. The molecule has 0 radical (unpaired) electrons. The van der Waals surface area contributed by atoms with Crippen LogP contribution in [-0.2, 0) is 0 Å². The van der Waals surface area contributed by atoms with Crippen molar-refractivity contribution in [2.45, 2.75) is 44.4 Å². The van der Waals surface area contributed by atoms with Crippen LogP contribution in [0.1, 0.15) is 45.2 Å². The van der Waals surface area contributed by atoms with Crippen LogP contribution in [-0.4, -0.2) is 31.6 Å². The Morgan fingerprint density at radius 1 is 1.15 bits per heavy atom. The van der Waals surface area contributed by atoms with Gasteiger partial charge in [0.15, 0.2) is 0 Å². The topological polar surface area (TPSA) is 15.3 Å². The molecule has 0 aromatic heterocycles. The fourth-order valence-electron chi connectivity index (χ4n) is 2.38. The van der Waals surface area contributed by atoms with Gasteiger partial charge in [0.25, 0.3) is 0 Å². The zero-order valence-electron chi connectivity index (χ0n) is 13.9. The van der Waals surface area contributed by atoms with Crippen LogP contribution in [0.15, 0.2) is 24.3 Å². The molecule has 1 rings (SSSR count). The van der Waals surface area contributed by atoms with Crippen molar-refractivity contribution >= 4 is 17.4 Å². The quantitative estimate of drug-likeness (QED) is 0.768. The van der Waals surface area contributed by atoms with Crippen LogP contribution in [0.5, 0.6) is 0 Å². The van der Waals surface area contributed by atoms with Crippen molar-refractivity contribution in [2.75, 3.05) is 31.8 Å². The number of thioether (sulfide) groups is 1. The summed E-state index contributed by atoms with van der Waals surface area (Å²) in [5, 5.41) is 3.71. The second kappa shape index (κ2) is 7.94. The highest BCUT2D eigenvalue weighted by Crippen LogP contribution is 2.30. The Labute approximate surface area is 129 Å². The number of nitrogens with zero attached hydrogens (tertiary/aromatic N) is 1. The highest BCUT2D eigenvalue weighted by Gasteiger charge is 2.25. The second-order valence-electron chi connectivity index (χ2n) is 5.68. The predicted molar refractivity (Wildman–Crippen MR) is 94.0 cm³/mol. The molecular weight excluding hydrogens is 264 g/mol. The Kier molecular flexibility index (Phi) is 6.90. The molecule has 1 aromatic carbocycles. The molecule has 1 N–H and O–H groups in total. The molecule has 0 heterocycles. The predicted octanol–water partition coefficient (Wildman–Crippen LogP) is 4.33. The minimum Gasteiger partial charge on any atom is -0.378 e. The van der Waals surface area contributed by atoms with Crippen LogP contribution in [0.25, 0.3) is 0 Å². The molecule has 0 bridgehead atoms. The van der Waals surface area contributed by atoms with Crippen molar-refractivity contribution < 1.29 is 0 Å². The summed E-state index contributed by atoms with van der Waals surface area (Å²) in [6.07, 6.45) is 4.65. The maximum absolute atomic E-state index is 3.71. The normalized spacial score (nSPS) is 13.3. The van der Waals surface area contributed by atoms with Crippen LogP contribution in [0, 0.1) is 0 Å². The summed E-state index contributed by atoms with van der Waals surface area (Å²) < 4.78 is 0.373. The Morgan fingerprint density at radius 3 is 2.10 bits per heavy atom. The lowest BCUT2D eigenvalue weighted by atomic mass is 10.0. The highest BCUT2D eigenvalue weighted by molar-refractivity contribution is 8.00. The first-order valence-corrected chi connectivity index (χ1v) is 8.76. The molecular formula is C17H30N2S. The Hall–Kier alpha value is -0.670. The summed E-state index contributed by atoms with van der Waals surface area (Å²) in [4.78, 5) is 2.13. The van der Waals surface area contributed by atoms with Crippen LogP contribution in [0.3, 0.4) is 0 Å². The summed E-state index contributed by atoms with van der Waals surface area (Å²) in [6, 6.07) is 9.23. The second-order valence-corrected chi connectivity index (χ2v) is 6.96. The van der Waals surface area contributed by atoms with Gasteiger partial charge in [0.2, 0.25) is 0 Å². The number of hydrogen-bond donors (Lipinski definition) is 1. The van der Waals surface area contributed by atoms with Crippen LogP contribution < -0.4 is 10.2 Å². The summed E-state index contributed by atoms with van der Waals surface area (Å²) >= 11 is 1.99.